The van der Waals surface area contributed by atoms with Crippen LogP contribution in [0.25, 0.3) is 0 Å². The second-order valence-corrected chi connectivity index (χ2v) is 4.81. The number of aryl methyl sites for hydroxylation is 1. The van der Waals surface area contributed by atoms with Gasteiger partial charge in [0.1, 0.15) is 0 Å². The Morgan fingerprint density at radius 3 is 2.52 bits per heavy atom. The number of hydrogen-bond acceptors (Lipinski definition) is 5. The second-order valence-electron chi connectivity index (χ2n) is 4.81. The fourth-order valence-corrected chi connectivity index (χ4v) is 2.16. The third-order valence-corrected chi connectivity index (χ3v) is 3.30. The van der Waals surface area contributed by atoms with E-state index in [1.807, 2.05) is 25.1 Å². The minimum atomic E-state index is 0.127. The molecule has 0 aliphatic heterocycles. The van der Waals surface area contributed by atoms with E-state index in [1.165, 1.54) is 0 Å². The van der Waals surface area contributed by atoms with Crippen LogP contribution < -0.4 is 10.6 Å². The number of methoxy groups -OCH3 is 2. The molecule has 21 heavy (non-hydrogen) atoms. The quantitative estimate of drug-likeness (QED) is 0.238. The number of oxime groups is 1. The molecule has 1 aromatic carbocycles. The molecule has 0 aliphatic rings. The lowest BCUT2D eigenvalue weighted by Crippen LogP contribution is -2.29. The van der Waals surface area contributed by atoms with Crippen molar-refractivity contribution < 1.29 is 14.7 Å². The molecule has 0 amide bonds. The van der Waals surface area contributed by atoms with E-state index in [1.54, 1.807) is 14.2 Å². The molecule has 6 heteroatoms. The number of anilines is 1. The zero-order valence-corrected chi connectivity index (χ0v) is 13.0. The van der Waals surface area contributed by atoms with Gasteiger partial charge in [-0.15, -0.1) is 0 Å². The Bertz CT molecular complexity index is 463. The van der Waals surface area contributed by atoms with Gasteiger partial charge >= 0.3 is 0 Å². The highest BCUT2D eigenvalue weighted by Crippen LogP contribution is 2.19. The molecule has 0 heterocycles. The van der Waals surface area contributed by atoms with Crippen LogP contribution >= 0.6 is 0 Å². The summed E-state index contributed by atoms with van der Waals surface area (Å²) in [5, 5.41) is 11.8. The number of nitrogens with two attached hydrogens (primary N) is 1. The molecule has 6 nitrogen and oxygen atoms in total. The van der Waals surface area contributed by atoms with Crippen molar-refractivity contribution in [3.63, 3.8) is 0 Å². The molecule has 118 valence electrons. The molecular weight excluding hydrogens is 270 g/mol. The van der Waals surface area contributed by atoms with Crippen molar-refractivity contribution in [2.45, 2.75) is 13.3 Å². The molecule has 0 aromatic heterocycles. The van der Waals surface area contributed by atoms with E-state index < -0.39 is 0 Å². The lowest BCUT2D eigenvalue weighted by atomic mass is 10.1. The van der Waals surface area contributed by atoms with E-state index in [0.717, 1.165) is 42.9 Å². The molecule has 0 spiro atoms. The van der Waals surface area contributed by atoms with Crippen LogP contribution in [0.1, 0.15) is 17.5 Å². The van der Waals surface area contributed by atoms with Gasteiger partial charge in [0.25, 0.3) is 0 Å². The number of nitrogens with zero attached hydrogens (tertiary/aromatic N) is 2. The summed E-state index contributed by atoms with van der Waals surface area (Å²) in [6.45, 7) is 5.03. The predicted octanol–water partition coefficient (Wildman–Crippen LogP) is 1.58. The lowest BCUT2D eigenvalue weighted by Gasteiger charge is -2.25. The fourth-order valence-electron chi connectivity index (χ4n) is 2.16. The van der Waals surface area contributed by atoms with Gasteiger partial charge in [-0.2, -0.15) is 0 Å². The van der Waals surface area contributed by atoms with Crippen LogP contribution in [-0.4, -0.2) is 51.6 Å². The Kier molecular flexibility index (Phi) is 7.56. The summed E-state index contributed by atoms with van der Waals surface area (Å²) in [6.07, 6.45) is 0.946. The molecule has 3 N–H and O–H groups in total. The second kappa shape index (κ2) is 9.20. The maximum atomic E-state index is 8.77. The van der Waals surface area contributed by atoms with Gasteiger partial charge < -0.3 is 25.3 Å². The summed E-state index contributed by atoms with van der Waals surface area (Å²) in [5.74, 6) is 0.127. The van der Waals surface area contributed by atoms with Crippen LogP contribution in [0.2, 0.25) is 0 Å². The first-order chi connectivity index (χ1) is 10.1. The van der Waals surface area contributed by atoms with Gasteiger partial charge in [0, 0.05) is 45.2 Å². The molecule has 0 unspecified atom stereocenters. The number of amidine groups is 1. The first kappa shape index (κ1) is 17.3. The van der Waals surface area contributed by atoms with E-state index in [-0.39, 0.29) is 5.84 Å². The van der Waals surface area contributed by atoms with Crippen LogP contribution in [0.3, 0.4) is 0 Å². The van der Waals surface area contributed by atoms with E-state index in [9.17, 15) is 0 Å². The van der Waals surface area contributed by atoms with Crippen molar-refractivity contribution in [2.75, 3.05) is 45.4 Å². The third-order valence-electron chi connectivity index (χ3n) is 3.30. The molecule has 0 saturated heterocycles. The van der Waals surface area contributed by atoms with Crippen LogP contribution in [0.5, 0.6) is 0 Å². The number of rotatable bonds is 9. The van der Waals surface area contributed by atoms with Gasteiger partial charge in [0.2, 0.25) is 0 Å². The molecule has 1 rings (SSSR count). The van der Waals surface area contributed by atoms with Gasteiger partial charge in [-0.3, -0.25) is 0 Å². The monoisotopic (exact) mass is 295 g/mol. The molecule has 0 radical (unpaired) electrons. The van der Waals surface area contributed by atoms with Gasteiger partial charge in [-0.05, 0) is 37.1 Å². The maximum Gasteiger partial charge on any atom is 0.170 e. The summed E-state index contributed by atoms with van der Waals surface area (Å²) in [6, 6.07) is 5.88. The average molecular weight is 295 g/mol. The highest BCUT2D eigenvalue weighted by atomic mass is 16.5. The zero-order chi connectivity index (χ0) is 15.7. The normalized spacial score (nSPS) is 11.7. The Balaban J connectivity index is 2.88. The minimum absolute atomic E-state index is 0.127. The first-order valence-electron chi connectivity index (χ1n) is 6.95. The Hall–Kier alpha value is -1.79. The fraction of sp³-hybridized carbons (Fsp3) is 0.533. The van der Waals surface area contributed by atoms with Crippen LogP contribution in [0, 0.1) is 6.92 Å². The summed E-state index contributed by atoms with van der Waals surface area (Å²) in [5.41, 5.74) is 8.45. The lowest BCUT2D eigenvalue weighted by molar-refractivity contribution is 0.191. The largest absolute Gasteiger partial charge is 0.409 e. The number of benzene rings is 1. The highest BCUT2D eigenvalue weighted by molar-refractivity contribution is 5.98. The standard InChI is InChI=1S/C15H25N3O3/c1-12-11-13(5-6-14(12)15(16)17-19)18(8-10-21-3)7-4-9-20-2/h5-6,11,19H,4,7-10H2,1-3H3,(H2,16,17). The SMILES string of the molecule is COCCCN(CCOC)c1ccc(/C(N)=N/O)c(C)c1. The van der Waals surface area contributed by atoms with Gasteiger partial charge in [-0.1, -0.05) is 5.16 Å². The molecule has 0 atom stereocenters. The zero-order valence-electron chi connectivity index (χ0n) is 13.0. The van der Waals surface area contributed by atoms with E-state index >= 15 is 0 Å². The predicted molar refractivity (Wildman–Crippen MR) is 84.3 cm³/mol. The summed E-state index contributed by atoms with van der Waals surface area (Å²) in [7, 11) is 3.40. The van der Waals surface area contributed by atoms with E-state index in [4.69, 9.17) is 20.4 Å². The van der Waals surface area contributed by atoms with Crippen molar-refractivity contribution in [1.82, 2.24) is 0 Å². The Labute approximate surface area is 126 Å². The molecule has 0 fully saturated rings. The van der Waals surface area contributed by atoms with Crippen LogP contribution in [-0.2, 0) is 9.47 Å². The number of ether oxygens (including phenoxy) is 2. The number of hydrogen-bond donors (Lipinski definition) is 2. The minimum Gasteiger partial charge on any atom is -0.409 e. The molecule has 1 aromatic rings. The van der Waals surface area contributed by atoms with Gasteiger partial charge in [-0.25, -0.2) is 0 Å². The molecular formula is C15H25N3O3. The molecule has 0 bridgehead atoms. The average Bonchev–Trinajstić information content (AvgIpc) is 2.50. The summed E-state index contributed by atoms with van der Waals surface area (Å²) >= 11 is 0. The summed E-state index contributed by atoms with van der Waals surface area (Å²) < 4.78 is 10.3. The summed E-state index contributed by atoms with van der Waals surface area (Å²) in [4.78, 5) is 2.24. The van der Waals surface area contributed by atoms with Crippen molar-refractivity contribution >= 4 is 11.5 Å². The van der Waals surface area contributed by atoms with Crippen molar-refractivity contribution in [2.24, 2.45) is 10.9 Å². The highest BCUT2D eigenvalue weighted by Gasteiger charge is 2.10. The van der Waals surface area contributed by atoms with Gasteiger partial charge in [0.05, 0.1) is 6.61 Å². The van der Waals surface area contributed by atoms with E-state index in [2.05, 4.69) is 10.1 Å². The topological polar surface area (TPSA) is 80.3 Å². The first-order valence-corrected chi connectivity index (χ1v) is 6.95. The van der Waals surface area contributed by atoms with E-state index in [0.29, 0.717) is 6.61 Å². The molecule has 0 saturated carbocycles. The van der Waals surface area contributed by atoms with Crippen LogP contribution in [0.15, 0.2) is 23.4 Å². The smallest absolute Gasteiger partial charge is 0.170 e. The van der Waals surface area contributed by atoms with Crippen molar-refractivity contribution in [3.05, 3.63) is 29.3 Å². The maximum absolute atomic E-state index is 8.77. The Morgan fingerprint density at radius 1 is 1.24 bits per heavy atom. The van der Waals surface area contributed by atoms with Crippen molar-refractivity contribution in [1.29, 1.82) is 0 Å². The Morgan fingerprint density at radius 2 is 1.95 bits per heavy atom. The van der Waals surface area contributed by atoms with Crippen LogP contribution in [0.4, 0.5) is 5.69 Å². The van der Waals surface area contributed by atoms with Gasteiger partial charge in [0.15, 0.2) is 5.84 Å². The molecule has 0 aliphatic carbocycles. The van der Waals surface area contributed by atoms with Crippen molar-refractivity contribution in [3.8, 4) is 0 Å². The third kappa shape index (κ3) is 5.24.